The van der Waals surface area contributed by atoms with E-state index in [2.05, 4.69) is 16.9 Å². The first-order valence-electron chi connectivity index (χ1n) is 5.06. The van der Waals surface area contributed by atoms with E-state index in [9.17, 15) is 0 Å². The van der Waals surface area contributed by atoms with Gasteiger partial charge < -0.3 is 10.7 Å². The van der Waals surface area contributed by atoms with Gasteiger partial charge in [0.15, 0.2) is 0 Å². The zero-order valence-corrected chi connectivity index (χ0v) is 8.09. The molecule has 1 aromatic rings. The second-order valence-corrected chi connectivity index (χ2v) is 3.98. The Labute approximate surface area is 78.7 Å². The molecule has 0 radical (unpaired) electrons. The Morgan fingerprint density at radius 1 is 1.77 bits per heavy atom. The zero-order chi connectivity index (χ0) is 9.31. The Kier molecular flexibility index (Phi) is 2.12. The fourth-order valence-corrected chi connectivity index (χ4v) is 2.50. The number of hydrogen-bond acceptors (Lipinski definition) is 2. The molecule has 3 heteroatoms. The van der Waals surface area contributed by atoms with Crippen LogP contribution in [-0.2, 0) is 5.54 Å². The minimum atomic E-state index is -0.182. The fourth-order valence-electron chi connectivity index (χ4n) is 2.50. The summed E-state index contributed by atoms with van der Waals surface area (Å²) in [6, 6.07) is 0. The first-order valence-corrected chi connectivity index (χ1v) is 5.06. The summed E-state index contributed by atoms with van der Waals surface area (Å²) in [5.41, 5.74) is 6.20. The number of aromatic nitrogens is 2. The van der Waals surface area contributed by atoms with Crippen molar-refractivity contribution in [3.8, 4) is 0 Å². The molecule has 3 N–H and O–H groups in total. The Morgan fingerprint density at radius 3 is 3.23 bits per heavy atom. The smallest absolute Gasteiger partial charge is 0.126 e. The average molecular weight is 179 g/mol. The second-order valence-electron chi connectivity index (χ2n) is 3.98. The normalized spacial score (nSPS) is 33.8. The maximum atomic E-state index is 6.39. The first kappa shape index (κ1) is 8.75. The van der Waals surface area contributed by atoms with Crippen molar-refractivity contribution in [1.29, 1.82) is 0 Å². The summed E-state index contributed by atoms with van der Waals surface area (Å²) >= 11 is 0. The van der Waals surface area contributed by atoms with E-state index in [4.69, 9.17) is 5.73 Å². The van der Waals surface area contributed by atoms with E-state index in [0.717, 1.165) is 18.7 Å². The van der Waals surface area contributed by atoms with Gasteiger partial charge in [-0.3, -0.25) is 0 Å². The number of nitrogens with one attached hydrogen (secondary N) is 1. The van der Waals surface area contributed by atoms with Gasteiger partial charge in [0.25, 0.3) is 0 Å². The number of H-pyrrole nitrogens is 1. The minimum absolute atomic E-state index is 0.182. The van der Waals surface area contributed by atoms with Crippen molar-refractivity contribution in [2.24, 2.45) is 11.7 Å². The topological polar surface area (TPSA) is 54.7 Å². The lowest BCUT2D eigenvalue weighted by atomic mass is 9.85. The van der Waals surface area contributed by atoms with E-state index in [0.29, 0.717) is 5.92 Å². The summed E-state index contributed by atoms with van der Waals surface area (Å²) in [5, 5.41) is 0. The quantitative estimate of drug-likeness (QED) is 0.727. The highest BCUT2D eigenvalue weighted by Gasteiger charge is 2.41. The number of rotatable bonds is 2. The molecule has 0 bridgehead atoms. The molecule has 0 spiro atoms. The van der Waals surface area contributed by atoms with Crippen LogP contribution in [0, 0.1) is 5.92 Å². The van der Waals surface area contributed by atoms with Gasteiger partial charge in [0.2, 0.25) is 0 Å². The lowest BCUT2D eigenvalue weighted by Gasteiger charge is -2.28. The SMILES string of the molecule is CC[C@@H]1CCC[C@@]1(N)c1ncc[nH]1. The molecule has 13 heavy (non-hydrogen) atoms. The van der Waals surface area contributed by atoms with Crippen molar-refractivity contribution >= 4 is 0 Å². The molecule has 2 rings (SSSR count). The second kappa shape index (κ2) is 3.14. The van der Waals surface area contributed by atoms with Crippen molar-refractivity contribution in [2.75, 3.05) is 0 Å². The van der Waals surface area contributed by atoms with Crippen LogP contribution in [0.15, 0.2) is 12.4 Å². The van der Waals surface area contributed by atoms with Gasteiger partial charge in [-0.05, 0) is 18.8 Å². The van der Waals surface area contributed by atoms with E-state index in [1.54, 1.807) is 6.20 Å². The molecule has 72 valence electrons. The van der Waals surface area contributed by atoms with E-state index in [-0.39, 0.29) is 5.54 Å². The summed E-state index contributed by atoms with van der Waals surface area (Å²) in [5.74, 6) is 1.57. The molecule has 0 aromatic carbocycles. The Bertz CT molecular complexity index is 268. The van der Waals surface area contributed by atoms with Crippen molar-refractivity contribution in [1.82, 2.24) is 9.97 Å². The standard InChI is InChI=1S/C10H17N3/c1-2-8-4-3-5-10(8,11)9-12-6-7-13-9/h6-8H,2-5,11H2,1H3,(H,12,13)/t8-,10+/m1/s1. The van der Waals surface area contributed by atoms with Crippen molar-refractivity contribution in [3.05, 3.63) is 18.2 Å². The molecular formula is C10H17N3. The highest BCUT2D eigenvalue weighted by molar-refractivity contribution is 5.10. The molecule has 1 aromatic heterocycles. The number of nitrogens with zero attached hydrogens (tertiary/aromatic N) is 1. The van der Waals surface area contributed by atoms with Gasteiger partial charge in [0.05, 0.1) is 5.54 Å². The van der Waals surface area contributed by atoms with Crippen LogP contribution in [0.3, 0.4) is 0 Å². The molecule has 3 nitrogen and oxygen atoms in total. The van der Waals surface area contributed by atoms with E-state index in [1.807, 2.05) is 6.20 Å². The molecule has 1 heterocycles. The van der Waals surface area contributed by atoms with Crippen molar-refractivity contribution in [2.45, 2.75) is 38.1 Å². The minimum Gasteiger partial charge on any atom is -0.347 e. The van der Waals surface area contributed by atoms with Crippen LogP contribution in [0.1, 0.15) is 38.4 Å². The maximum absolute atomic E-state index is 6.39. The van der Waals surface area contributed by atoms with Crippen LogP contribution >= 0.6 is 0 Å². The van der Waals surface area contributed by atoms with E-state index in [1.165, 1.54) is 12.8 Å². The monoisotopic (exact) mass is 179 g/mol. The van der Waals surface area contributed by atoms with Gasteiger partial charge >= 0.3 is 0 Å². The summed E-state index contributed by atoms with van der Waals surface area (Å²) in [7, 11) is 0. The molecule has 2 atom stereocenters. The van der Waals surface area contributed by atoms with E-state index < -0.39 is 0 Å². The van der Waals surface area contributed by atoms with E-state index >= 15 is 0 Å². The third-order valence-electron chi connectivity index (χ3n) is 3.30. The average Bonchev–Trinajstić information content (AvgIpc) is 2.72. The molecule has 1 saturated carbocycles. The third-order valence-corrected chi connectivity index (χ3v) is 3.30. The Morgan fingerprint density at radius 2 is 2.62 bits per heavy atom. The number of nitrogens with two attached hydrogens (primary N) is 1. The predicted octanol–water partition coefficient (Wildman–Crippen LogP) is 1.77. The summed E-state index contributed by atoms with van der Waals surface area (Å²) in [4.78, 5) is 7.44. The van der Waals surface area contributed by atoms with Gasteiger partial charge in [0.1, 0.15) is 5.82 Å². The van der Waals surface area contributed by atoms with Gasteiger partial charge in [-0.25, -0.2) is 4.98 Å². The van der Waals surface area contributed by atoms with Crippen LogP contribution in [0.4, 0.5) is 0 Å². The highest BCUT2D eigenvalue weighted by atomic mass is 15.0. The third kappa shape index (κ3) is 1.27. The van der Waals surface area contributed by atoms with Gasteiger partial charge in [0, 0.05) is 12.4 Å². The van der Waals surface area contributed by atoms with Gasteiger partial charge in [-0.1, -0.05) is 19.8 Å². The molecule has 1 aliphatic carbocycles. The lowest BCUT2D eigenvalue weighted by Crippen LogP contribution is -2.41. The molecule has 1 fully saturated rings. The van der Waals surface area contributed by atoms with Crippen LogP contribution in [-0.4, -0.2) is 9.97 Å². The number of hydrogen-bond donors (Lipinski definition) is 2. The summed E-state index contributed by atoms with van der Waals surface area (Å²) in [6.07, 6.45) is 8.34. The molecule has 1 aliphatic rings. The Balaban J connectivity index is 2.29. The van der Waals surface area contributed by atoms with Crippen molar-refractivity contribution < 1.29 is 0 Å². The van der Waals surface area contributed by atoms with Crippen molar-refractivity contribution in [3.63, 3.8) is 0 Å². The van der Waals surface area contributed by atoms with Gasteiger partial charge in [-0.2, -0.15) is 0 Å². The molecule has 0 unspecified atom stereocenters. The molecular weight excluding hydrogens is 162 g/mol. The number of imidazole rings is 1. The maximum Gasteiger partial charge on any atom is 0.126 e. The van der Waals surface area contributed by atoms with Gasteiger partial charge in [-0.15, -0.1) is 0 Å². The van der Waals surface area contributed by atoms with Crippen LogP contribution in [0.5, 0.6) is 0 Å². The summed E-state index contributed by atoms with van der Waals surface area (Å²) < 4.78 is 0. The first-order chi connectivity index (χ1) is 6.27. The lowest BCUT2D eigenvalue weighted by molar-refractivity contribution is 0.300. The van der Waals surface area contributed by atoms with Crippen LogP contribution in [0.2, 0.25) is 0 Å². The molecule has 0 amide bonds. The molecule has 0 aliphatic heterocycles. The van der Waals surface area contributed by atoms with Crippen LogP contribution in [0.25, 0.3) is 0 Å². The molecule has 0 saturated heterocycles. The zero-order valence-electron chi connectivity index (χ0n) is 8.09. The largest absolute Gasteiger partial charge is 0.347 e. The van der Waals surface area contributed by atoms with Crippen LogP contribution < -0.4 is 5.73 Å². The number of aromatic amines is 1. The highest BCUT2D eigenvalue weighted by Crippen LogP contribution is 2.41. The Hall–Kier alpha value is -0.830. The fraction of sp³-hybridized carbons (Fsp3) is 0.700. The predicted molar refractivity (Wildman–Crippen MR) is 52.1 cm³/mol. The summed E-state index contributed by atoms with van der Waals surface area (Å²) in [6.45, 7) is 2.21.